The second-order valence-electron chi connectivity index (χ2n) is 4.27. The van der Waals surface area contributed by atoms with E-state index in [0.717, 1.165) is 11.1 Å². The molecule has 2 aromatic rings. The number of hydrogen-bond donors (Lipinski definition) is 1. The molecule has 2 aromatic carbocycles. The van der Waals surface area contributed by atoms with Gasteiger partial charge >= 0.3 is 0 Å². The molecule has 0 aliphatic carbocycles. The van der Waals surface area contributed by atoms with Crippen molar-refractivity contribution in [2.45, 2.75) is 17.6 Å². The molecule has 0 atom stereocenters. The molecule has 0 amide bonds. The first-order valence-electron chi connectivity index (χ1n) is 5.62. The van der Waals surface area contributed by atoms with Crippen LogP contribution in [0.2, 0.25) is 0 Å². The largest absolute Gasteiger partial charge is 0.399 e. The molecule has 0 radical (unpaired) electrons. The second-order valence-corrected chi connectivity index (χ2v) is 6.22. The maximum atomic E-state index is 12.3. The third-order valence-corrected chi connectivity index (χ3v) is 4.61. The van der Waals surface area contributed by atoms with Gasteiger partial charge in [-0.3, -0.25) is 0 Å². The highest BCUT2D eigenvalue weighted by molar-refractivity contribution is 7.90. The fraction of sp³-hybridized carbons (Fsp3) is 0.143. The van der Waals surface area contributed by atoms with Crippen molar-refractivity contribution in [2.75, 3.05) is 5.73 Å². The van der Waals surface area contributed by atoms with E-state index in [4.69, 9.17) is 5.73 Å². The third-order valence-electron chi connectivity index (χ3n) is 2.77. The minimum atomic E-state index is -3.30. The van der Waals surface area contributed by atoms with Crippen molar-refractivity contribution in [3.8, 4) is 0 Å². The van der Waals surface area contributed by atoms with E-state index in [0.29, 0.717) is 10.6 Å². The lowest BCUT2D eigenvalue weighted by Crippen LogP contribution is -2.06. The predicted molar refractivity (Wildman–Crippen MR) is 72.9 cm³/mol. The zero-order valence-electron chi connectivity index (χ0n) is 10.1. The van der Waals surface area contributed by atoms with Gasteiger partial charge in [0.15, 0.2) is 9.84 Å². The summed E-state index contributed by atoms with van der Waals surface area (Å²) in [5.41, 5.74) is 7.72. The van der Waals surface area contributed by atoms with Crippen LogP contribution in [-0.2, 0) is 15.6 Å². The predicted octanol–water partition coefficient (Wildman–Crippen LogP) is 2.55. The van der Waals surface area contributed by atoms with Gasteiger partial charge in [0.1, 0.15) is 0 Å². The summed E-state index contributed by atoms with van der Waals surface area (Å²) in [5, 5.41) is 0. The monoisotopic (exact) mass is 261 g/mol. The summed E-state index contributed by atoms with van der Waals surface area (Å²) in [6, 6.07) is 13.9. The minimum absolute atomic E-state index is 0.00185. The summed E-state index contributed by atoms with van der Waals surface area (Å²) >= 11 is 0. The Morgan fingerprint density at radius 2 is 1.61 bits per heavy atom. The fourth-order valence-electron chi connectivity index (χ4n) is 1.82. The maximum Gasteiger partial charge on any atom is 0.182 e. The van der Waals surface area contributed by atoms with Gasteiger partial charge in [-0.1, -0.05) is 30.3 Å². The van der Waals surface area contributed by atoms with E-state index in [1.165, 1.54) is 0 Å². The first-order valence-corrected chi connectivity index (χ1v) is 7.27. The van der Waals surface area contributed by atoms with E-state index in [-0.39, 0.29) is 5.75 Å². The number of nitrogens with two attached hydrogens (primary N) is 1. The van der Waals surface area contributed by atoms with Gasteiger partial charge in [0.25, 0.3) is 0 Å². The van der Waals surface area contributed by atoms with Crippen LogP contribution in [-0.4, -0.2) is 8.42 Å². The minimum Gasteiger partial charge on any atom is -0.399 e. The highest BCUT2D eigenvalue weighted by Gasteiger charge is 2.16. The number of rotatable bonds is 3. The standard InChI is InChI=1S/C14H15NO2S/c1-11-4-2-3-5-14(11)18(16,17)10-12-6-8-13(15)9-7-12/h2-9H,10,15H2,1H3. The van der Waals surface area contributed by atoms with Crippen molar-refractivity contribution in [1.29, 1.82) is 0 Å². The van der Waals surface area contributed by atoms with Crippen LogP contribution in [0, 0.1) is 6.92 Å². The molecule has 4 heteroatoms. The summed E-state index contributed by atoms with van der Waals surface area (Å²) in [5.74, 6) is -0.00185. The van der Waals surface area contributed by atoms with Crippen LogP contribution in [0.25, 0.3) is 0 Å². The van der Waals surface area contributed by atoms with E-state index in [2.05, 4.69) is 0 Å². The van der Waals surface area contributed by atoms with Crippen molar-refractivity contribution >= 4 is 15.5 Å². The van der Waals surface area contributed by atoms with E-state index < -0.39 is 9.84 Å². The molecule has 0 fully saturated rings. The number of aryl methyl sites for hydroxylation is 1. The quantitative estimate of drug-likeness (QED) is 0.864. The highest BCUT2D eigenvalue weighted by Crippen LogP contribution is 2.20. The topological polar surface area (TPSA) is 60.2 Å². The number of hydrogen-bond acceptors (Lipinski definition) is 3. The Kier molecular flexibility index (Phi) is 3.39. The second kappa shape index (κ2) is 4.82. The molecule has 0 aromatic heterocycles. The molecule has 94 valence electrons. The van der Waals surface area contributed by atoms with Gasteiger partial charge in [-0.25, -0.2) is 8.42 Å². The number of anilines is 1. The fourth-order valence-corrected chi connectivity index (χ4v) is 3.45. The zero-order chi connectivity index (χ0) is 13.2. The molecular formula is C14H15NO2S. The molecule has 0 unspecified atom stereocenters. The van der Waals surface area contributed by atoms with Gasteiger partial charge < -0.3 is 5.73 Å². The third kappa shape index (κ3) is 2.71. The van der Waals surface area contributed by atoms with Crippen LogP contribution in [0.3, 0.4) is 0 Å². The first kappa shape index (κ1) is 12.6. The Balaban J connectivity index is 2.33. The zero-order valence-corrected chi connectivity index (χ0v) is 10.9. The Labute approximate surface area is 107 Å². The smallest absolute Gasteiger partial charge is 0.182 e. The van der Waals surface area contributed by atoms with E-state index in [1.807, 2.05) is 6.07 Å². The molecule has 0 saturated carbocycles. The summed E-state index contributed by atoms with van der Waals surface area (Å²) < 4.78 is 24.6. The van der Waals surface area contributed by atoms with E-state index in [1.54, 1.807) is 49.4 Å². The molecule has 2 rings (SSSR count). The number of benzene rings is 2. The number of nitrogen functional groups attached to an aromatic ring is 1. The van der Waals surface area contributed by atoms with Crippen molar-refractivity contribution in [3.05, 3.63) is 59.7 Å². The summed E-state index contributed by atoms with van der Waals surface area (Å²) in [6.45, 7) is 1.80. The Morgan fingerprint density at radius 3 is 2.22 bits per heavy atom. The Bertz CT molecular complexity index is 646. The summed E-state index contributed by atoms with van der Waals surface area (Å²) in [4.78, 5) is 0.391. The lowest BCUT2D eigenvalue weighted by molar-refractivity contribution is 0.594. The van der Waals surface area contributed by atoms with Gasteiger partial charge in [0, 0.05) is 5.69 Å². The SMILES string of the molecule is Cc1ccccc1S(=O)(=O)Cc1ccc(N)cc1. The molecule has 0 bridgehead atoms. The van der Waals surface area contributed by atoms with Gasteiger partial charge in [-0.05, 0) is 36.2 Å². The molecule has 0 aliphatic heterocycles. The van der Waals surface area contributed by atoms with Crippen LogP contribution in [0.5, 0.6) is 0 Å². The van der Waals surface area contributed by atoms with Crippen LogP contribution in [0.1, 0.15) is 11.1 Å². The van der Waals surface area contributed by atoms with Crippen molar-refractivity contribution in [1.82, 2.24) is 0 Å². The normalized spacial score (nSPS) is 11.4. The van der Waals surface area contributed by atoms with E-state index in [9.17, 15) is 8.42 Å². The molecule has 0 saturated heterocycles. The summed E-state index contributed by atoms with van der Waals surface area (Å²) in [7, 11) is -3.30. The van der Waals surface area contributed by atoms with Crippen LogP contribution < -0.4 is 5.73 Å². The van der Waals surface area contributed by atoms with Crippen LogP contribution in [0.15, 0.2) is 53.4 Å². The molecule has 3 nitrogen and oxygen atoms in total. The van der Waals surface area contributed by atoms with E-state index >= 15 is 0 Å². The van der Waals surface area contributed by atoms with Gasteiger partial charge in [-0.15, -0.1) is 0 Å². The maximum absolute atomic E-state index is 12.3. The average molecular weight is 261 g/mol. The Hall–Kier alpha value is -1.81. The van der Waals surface area contributed by atoms with Gasteiger partial charge in [-0.2, -0.15) is 0 Å². The molecule has 0 spiro atoms. The lowest BCUT2D eigenvalue weighted by Gasteiger charge is -2.07. The van der Waals surface area contributed by atoms with Gasteiger partial charge in [0.05, 0.1) is 10.6 Å². The molecule has 2 N–H and O–H groups in total. The van der Waals surface area contributed by atoms with Crippen molar-refractivity contribution < 1.29 is 8.42 Å². The average Bonchev–Trinajstić information content (AvgIpc) is 2.32. The molecule has 18 heavy (non-hydrogen) atoms. The van der Waals surface area contributed by atoms with Crippen LogP contribution in [0.4, 0.5) is 5.69 Å². The highest BCUT2D eigenvalue weighted by atomic mass is 32.2. The molecular weight excluding hydrogens is 246 g/mol. The molecule has 0 heterocycles. The van der Waals surface area contributed by atoms with Crippen molar-refractivity contribution in [2.24, 2.45) is 0 Å². The van der Waals surface area contributed by atoms with Gasteiger partial charge in [0.2, 0.25) is 0 Å². The lowest BCUT2D eigenvalue weighted by atomic mass is 10.2. The number of sulfone groups is 1. The van der Waals surface area contributed by atoms with Crippen molar-refractivity contribution in [3.63, 3.8) is 0 Å². The summed E-state index contributed by atoms with van der Waals surface area (Å²) in [6.07, 6.45) is 0. The van der Waals surface area contributed by atoms with Crippen LogP contribution >= 0.6 is 0 Å². The first-order chi connectivity index (χ1) is 8.49. The molecule has 0 aliphatic rings. The Morgan fingerprint density at radius 1 is 1.00 bits per heavy atom.